The van der Waals surface area contributed by atoms with Gasteiger partial charge in [-0.15, -0.1) is 11.3 Å². The second-order valence-corrected chi connectivity index (χ2v) is 9.74. The Kier molecular flexibility index (Phi) is 4.30. The summed E-state index contributed by atoms with van der Waals surface area (Å²) in [6.45, 7) is 4.26. The highest BCUT2D eigenvalue weighted by molar-refractivity contribution is 7.14. The topological polar surface area (TPSA) is 26.0 Å². The van der Waals surface area contributed by atoms with Crippen molar-refractivity contribution in [2.45, 2.75) is 26.3 Å². The molecule has 5 heteroatoms. The summed E-state index contributed by atoms with van der Waals surface area (Å²) in [5, 5.41) is 4.80. The Hall–Kier alpha value is -2.89. The van der Waals surface area contributed by atoms with Gasteiger partial charge in [-0.3, -0.25) is 4.57 Å². The van der Waals surface area contributed by atoms with Crippen LogP contribution in [-0.4, -0.2) is 32.6 Å². The summed E-state index contributed by atoms with van der Waals surface area (Å²) in [7, 11) is 4.34. The lowest BCUT2D eigenvalue weighted by atomic mass is 10.1. The molecule has 0 bridgehead atoms. The molecular formula is C26H26N4S. The molecule has 6 rings (SSSR count). The van der Waals surface area contributed by atoms with Crippen molar-refractivity contribution in [1.82, 2.24) is 19.0 Å². The Bertz CT molecular complexity index is 1430. The van der Waals surface area contributed by atoms with Crippen LogP contribution < -0.4 is 0 Å². The zero-order valence-electron chi connectivity index (χ0n) is 18.2. The van der Waals surface area contributed by atoms with Crippen LogP contribution in [0.15, 0.2) is 54.2 Å². The van der Waals surface area contributed by atoms with Gasteiger partial charge in [-0.25, -0.2) is 4.98 Å². The maximum absolute atomic E-state index is 4.93. The molecule has 5 heterocycles. The lowest BCUT2D eigenvalue weighted by Crippen LogP contribution is -2.17. The van der Waals surface area contributed by atoms with Gasteiger partial charge < -0.3 is 9.47 Å². The minimum absolute atomic E-state index is 0.985. The molecule has 5 aromatic rings. The van der Waals surface area contributed by atoms with Crippen LogP contribution in [0.1, 0.15) is 23.2 Å². The van der Waals surface area contributed by atoms with Gasteiger partial charge in [0.15, 0.2) is 0 Å². The summed E-state index contributed by atoms with van der Waals surface area (Å²) in [5.41, 5.74) is 8.98. The molecule has 0 unspecified atom stereocenters. The van der Waals surface area contributed by atoms with E-state index in [9.17, 15) is 0 Å². The molecule has 0 spiro atoms. The van der Waals surface area contributed by atoms with Crippen molar-refractivity contribution in [3.05, 3.63) is 71.0 Å². The Morgan fingerprint density at radius 1 is 1.06 bits per heavy atom. The maximum atomic E-state index is 4.93. The lowest BCUT2D eigenvalue weighted by Gasteiger charge is -2.12. The van der Waals surface area contributed by atoms with Crippen molar-refractivity contribution >= 4 is 33.3 Å². The number of hydrogen-bond donors (Lipinski definition) is 0. The maximum Gasteiger partial charge on any atom is 0.145 e. The first-order valence-electron chi connectivity index (χ1n) is 10.9. The number of rotatable bonds is 2. The van der Waals surface area contributed by atoms with Crippen LogP contribution in [-0.2, 0) is 20.0 Å². The number of pyridine rings is 1. The molecule has 0 saturated heterocycles. The van der Waals surface area contributed by atoms with E-state index in [2.05, 4.69) is 83.0 Å². The van der Waals surface area contributed by atoms with Gasteiger partial charge in [0.2, 0.25) is 0 Å². The lowest BCUT2D eigenvalue weighted by molar-refractivity contribution is 0.333. The summed E-state index contributed by atoms with van der Waals surface area (Å²) >= 11 is 1.82. The molecule has 1 aliphatic rings. The SMILES string of the molecule is Cc1cnc2c(c1)c1c(n2-c2ccsc2-c2ccc3ccn(C)c3c2)CCCN(C)C1. The smallest absolute Gasteiger partial charge is 0.145 e. The van der Waals surface area contributed by atoms with Gasteiger partial charge >= 0.3 is 0 Å². The van der Waals surface area contributed by atoms with E-state index in [1.807, 2.05) is 17.5 Å². The van der Waals surface area contributed by atoms with Crippen LogP contribution in [0.5, 0.6) is 0 Å². The van der Waals surface area contributed by atoms with Gasteiger partial charge in [-0.2, -0.15) is 0 Å². The minimum atomic E-state index is 0.985. The van der Waals surface area contributed by atoms with Crippen LogP contribution in [0.2, 0.25) is 0 Å². The second kappa shape index (κ2) is 7.08. The average Bonchev–Trinajstić information content (AvgIpc) is 3.41. The summed E-state index contributed by atoms with van der Waals surface area (Å²) in [6, 6.07) is 13.6. The predicted molar refractivity (Wildman–Crippen MR) is 130 cm³/mol. The number of nitrogens with zero attached hydrogens (tertiary/aromatic N) is 4. The fourth-order valence-electron chi connectivity index (χ4n) is 5.04. The Balaban J connectivity index is 1.61. The summed E-state index contributed by atoms with van der Waals surface area (Å²) < 4.78 is 4.65. The van der Waals surface area contributed by atoms with Crippen molar-refractivity contribution in [3.8, 4) is 16.1 Å². The average molecular weight is 427 g/mol. The predicted octanol–water partition coefficient (Wildman–Crippen LogP) is 5.93. The van der Waals surface area contributed by atoms with Crippen LogP contribution in [0, 0.1) is 6.92 Å². The van der Waals surface area contributed by atoms with Crippen molar-refractivity contribution in [2.24, 2.45) is 7.05 Å². The Labute approximate surface area is 186 Å². The number of aryl methyl sites for hydroxylation is 2. The van der Waals surface area contributed by atoms with Crippen molar-refractivity contribution in [2.75, 3.05) is 13.6 Å². The highest BCUT2D eigenvalue weighted by Crippen LogP contribution is 2.39. The molecule has 156 valence electrons. The Morgan fingerprint density at radius 3 is 2.87 bits per heavy atom. The van der Waals surface area contributed by atoms with E-state index in [0.717, 1.165) is 25.2 Å². The molecular weight excluding hydrogens is 400 g/mol. The second-order valence-electron chi connectivity index (χ2n) is 8.82. The number of thiophene rings is 1. The molecule has 0 atom stereocenters. The van der Waals surface area contributed by atoms with Gasteiger partial charge in [-0.05, 0) is 85.1 Å². The fraction of sp³-hybridized carbons (Fsp3) is 0.269. The van der Waals surface area contributed by atoms with Crippen LogP contribution in [0.3, 0.4) is 0 Å². The molecule has 0 N–H and O–H groups in total. The largest absolute Gasteiger partial charge is 0.351 e. The summed E-state index contributed by atoms with van der Waals surface area (Å²) in [4.78, 5) is 8.68. The van der Waals surface area contributed by atoms with E-state index in [4.69, 9.17) is 4.98 Å². The van der Waals surface area contributed by atoms with E-state index < -0.39 is 0 Å². The molecule has 0 amide bonds. The van der Waals surface area contributed by atoms with Gasteiger partial charge in [0.25, 0.3) is 0 Å². The van der Waals surface area contributed by atoms with E-state index in [1.54, 1.807) is 0 Å². The van der Waals surface area contributed by atoms with Crippen molar-refractivity contribution in [3.63, 3.8) is 0 Å². The third kappa shape index (κ3) is 2.95. The third-order valence-corrected chi connectivity index (χ3v) is 7.53. The summed E-state index contributed by atoms with van der Waals surface area (Å²) in [5.74, 6) is 0. The molecule has 0 saturated carbocycles. The van der Waals surface area contributed by atoms with E-state index in [-0.39, 0.29) is 0 Å². The molecule has 4 nitrogen and oxygen atoms in total. The van der Waals surface area contributed by atoms with Crippen LogP contribution >= 0.6 is 11.3 Å². The molecule has 31 heavy (non-hydrogen) atoms. The first-order chi connectivity index (χ1) is 15.1. The molecule has 4 aromatic heterocycles. The normalized spacial score (nSPS) is 14.9. The zero-order valence-corrected chi connectivity index (χ0v) is 19.0. The number of hydrogen-bond acceptors (Lipinski definition) is 3. The third-order valence-electron chi connectivity index (χ3n) is 6.58. The van der Waals surface area contributed by atoms with E-state index in [1.165, 1.54) is 55.7 Å². The first kappa shape index (κ1) is 18.8. The van der Waals surface area contributed by atoms with Gasteiger partial charge in [0.05, 0.1) is 10.6 Å². The molecule has 1 aromatic carbocycles. The van der Waals surface area contributed by atoms with Gasteiger partial charge in [0, 0.05) is 42.6 Å². The standard InChI is InChI=1S/C26H26N4S/c1-17-13-20-21-16-28(2)10-4-5-22(21)30(26(20)27-15-17)23-9-12-31-25(23)19-7-6-18-8-11-29(3)24(18)14-19/h6-9,11-15H,4-5,10,16H2,1-3H3. The monoisotopic (exact) mass is 426 g/mol. The van der Waals surface area contributed by atoms with E-state index in [0.29, 0.717) is 0 Å². The molecule has 0 aliphatic carbocycles. The molecule has 0 fully saturated rings. The fourth-order valence-corrected chi connectivity index (χ4v) is 5.92. The van der Waals surface area contributed by atoms with Crippen molar-refractivity contribution < 1.29 is 0 Å². The molecule has 1 aliphatic heterocycles. The molecule has 0 radical (unpaired) electrons. The number of fused-ring (bicyclic) bond motifs is 4. The van der Waals surface area contributed by atoms with Gasteiger partial charge in [0.1, 0.15) is 5.65 Å². The van der Waals surface area contributed by atoms with Crippen molar-refractivity contribution in [1.29, 1.82) is 0 Å². The Morgan fingerprint density at radius 2 is 1.97 bits per heavy atom. The van der Waals surface area contributed by atoms with E-state index >= 15 is 0 Å². The summed E-state index contributed by atoms with van der Waals surface area (Å²) in [6.07, 6.45) is 6.39. The number of benzene rings is 1. The first-order valence-corrected chi connectivity index (χ1v) is 11.8. The van der Waals surface area contributed by atoms with Crippen LogP contribution in [0.25, 0.3) is 38.1 Å². The highest BCUT2D eigenvalue weighted by Gasteiger charge is 2.24. The quantitative estimate of drug-likeness (QED) is 0.350. The van der Waals surface area contributed by atoms with Gasteiger partial charge in [-0.1, -0.05) is 12.1 Å². The zero-order chi connectivity index (χ0) is 21.1. The number of aromatic nitrogens is 3. The highest BCUT2D eigenvalue weighted by atomic mass is 32.1. The van der Waals surface area contributed by atoms with Crippen LogP contribution in [0.4, 0.5) is 0 Å². The minimum Gasteiger partial charge on any atom is -0.351 e.